The van der Waals surface area contributed by atoms with Crippen molar-refractivity contribution in [1.82, 2.24) is 9.80 Å². The minimum atomic E-state index is -4.41. The number of benzene rings is 2. The fraction of sp³-hybridized carbons (Fsp3) is 0.448. The van der Waals surface area contributed by atoms with Crippen LogP contribution in [0.15, 0.2) is 53.5 Å². The smallest absolute Gasteiger partial charge is 0.416 e. The lowest BCUT2D eigenvalue weighted by molar-refractivity contribution is -0.151. The zero-order chi connectivity index (χ0) is 29.6. The van der Waals surface area contributed by atoms with Gasteiger partial charge in [-0.2, -0.15) is 13.2 Å². The zero-order valence-corrected chi connectivity index (χ0v) is 23.6. The number of urea groups is 1. The second kappa shape index (κ2) is 13.3. The average molecular weight is 580 g/mol. The van der Waals surface area contributed by atoms with Crippen LogP contribution in [0.1, 0.15) is 56.3 Å². The van der Waals surface area contributed by atoms with Gasteiger partial charge in [0.25, 0.3) is 0 Å². The molecule has 0 saturated heterocycles. The van der Waals surface area contributed by atoms with Gasteiger partial charge < -0.3 is 14.5 Å². The molecule has 11 heteroatoms. The van der Waals surface area contributed by atoms with Gasteiger partial charge in [0.05, 0.1) is 17.7 Å². The number of ether oxygens (including phenoxy) is 1. The van der Waals surface area contributed by atoms with E-state index in [4.69, 9.17) is 16.3 Å². The number of rotatable bonds is 10. The van der Waals surface area contributed by atoms with Crippen molar-refractivity contribution in [2.75, 3.05) is 20.1 Å². The van der Waals surface area contributed by atoms with Crippen LogP contribution in [0.3, 0.4) is 0 Å². The monoisotopic (exact) mass is 579 g/mol. The highest BCUT2D eigenvalue weighted by Crippen LogP contribution is 2.36. The van der Waals surface area contributed by atoms with Crippen molar-refractivity contribution in [3.63, 3.8) is 0 Å². The van der Waals surface area contributed by atoms with E-state index in [0.29, 0.717) is 41.2 Å². The number of nitrogens with zero attached hydrogens (tertiary/aromatic N) is 3. The highest BCUT2D eigenvalue weighted by molar-refractivity contribution is 6.30. The van der Waals surface area contributed by atoms with Gasteiger partial charge in [-0.05, 0) is 69.0 Å². The lowest BCUT2D eigenvalue weighted by atomic mass is 9.86. The molecule has 1 aliphatic heterocycles. The molecule has 2 unspecified atom stereocenters. The Labute approximate surface area is 236 Å². The SMILES string of the molecule is CC1=NC(=O)N(CCCN(C)C(=O)CCc2ccc(C(F)(F)F)cc2)C(c2cccc(Cl)c2)C1C(=O)OC(C)C. The Morgan fingerprint density at radius 2 is 1.82 bits per heavy atom. The third-order valence-corrected chi connectivity index (χ3v) is 6.88. The Morgan fingerprint density at radius 3 is 2.42 bits per heavy atom. The van der Waals surface area contributed by atoms with Gasteiger partial charge in [-0.25, -0.2) is 9.79 Å². The van der Waals surface area contributed by atoms with Gasteiger partial charge in [-0.15, -0.1) is 0 Å². The van der Waals surface area contributed by atoms with Crippen LogP contribution in [0, 0.1) is 5.92 Å². The maximum absolute atomic E-state index is 13.1. The normalized spacial score (nSPS) is 17.6. The summed E-state index contributed by atoms with van der Waals surface area (Å²) in [5.74, 6) is -1.49. The van der Waals surface area contributed by atoms with Crippen LogP contribution in [-0.2, 0) is 26.9 Å². The zero-order valence-electron chi connectivity index (χ0n) is 22.9. The molecule has 0 fully saturated rings. The Morgan fingerprint density at radius 1 is 1.15 bits per heavy atom. The van der Waals surface area contributed by atoms with Gasteiger partial charge in [0.1, 0.15) is 5.92 Å². The van der Waals surface area contributed by atoms with Crippen molar-refractivity contribution < 1.29 is 32.3 Å². The summed E-state index contributed by atoms with van der Waals surface area (Å²) in [6.07, 6.45) is -3.92. The standard InChI is InChI=1S/C29H33ClF3N3O4/c1-18(2)40-27(38)25-19(3)34-28(39)36(26(25)21-7-5-8-23(30)17-21)16-6-15-35(4)24(37)14-11-20-9-12-22(13-10-20)29(31,32)33/h5,7-10,12-13,17-18,25-26H,6,11,14-16H2,1-4H3. The van der Waals surface area contributed by atoms with Crippen molar-refractivity contribution in [3.05, 3.63) is 70.2 Å². The van der Waals surface area contributed by atoms with Crippen molar-refractivity contribution in [2.45, 2.75) is 58.4 Å². The van der Waals surface area contributed by atoms with E-state index < -0.39 is 35.7 Å². The summed E-state index contributed by atoms with van der Waals surface area (Å²) >= 11 is 6.23. The predicted octanol–water partition coefficient (Wildman–Crippen LogP) is 6.35. The van der Waals surface area contributed by atoms with E-state index in [1.54, 1.807) is 52.1 Å². The van der Waals surface area contributed by atoms with E-state index in [9.17, 15) is 27.6 Å². The summed E-state index contributed by atoms with van der Waals surface area (Å²) in [4.78, 5) is 45.9. The summed E-state index contributed by atoms with van der Waals surface area (Å²) in [5, 5.41) is 0.458. The number of hydrogen-bond donors (Lipinski definition) is 0. The lowest BCUT2D eigenvalue weighted by Gasteiger charge is -2.39. The minimum absolute atomic E-state index is 0.127. The Hall–Kier alpha value is -3.40. The molecule has 0 saturated carbocycles. The van der Waals surface area contributed by atoms with Crippen molar-refractivity contribution in [1.29, 1.82) is 0 Å². The molecule has 3 amide bonds. The molecule has 0 N–H and O–H groups in total. The first-order chi connectivity index (χ1) is 18.8. The number of alkyl halides is 3. The fourth-order valence-corrected chi connectivity index (χ4v) is 4.82. The molecule has 216 valence electrons. The maximum atomic E-state index is 13.1. The number of carbonyl (C=O) groups excluding carboxylic acids is 3. The predicted molar refractivity (Wildman–Crippen MR) is 146 cm³/mol. The van der Waals surface area contributed by atoms with Crippen molar-refractivity contribution >= 4 is 35.2 Å². The molecule has 0 aliphatic carbocycles. The molecular formula is C29H33ClF3N3O4. The van der Waals surface area contributed by atoms with Gasteiger partial charge in [0.2, 0.25) is 5.91 Å². The molecule has 0 radical (unpaired) electrons. The second-order valence-electron chi connectivity index (χ2n) is 10.1. The van der Waals surface area contributed by atoms with Crippen molar-refractivity contribution in [2.24, 2.45) is 10.9 Å². The minimum Gasteiger partial charge on any atom is -0.462 e. The van der Waals surface area contributed by atoms with Crippen LogP contribution in [0.4, 0.5) is 18.0 Å². The van der Waals surface area contributed by atoms with Crippen LogP contribution in [0.2, 0.25) is 5.02 Å². The molecule has 2 aromatic rings. The molecule has 40 heavy (non-hydrogen) atoms. The molecule has 2 aromatic carbocycles. The van der Waals surface area contributed by atoms with Crippen LogP contribution >= 0.6 is 11.6 Å². The quantitative estimate of drug-likeness (QED) is 0.307. The number of carbonyl (C=O) groups is 3. The Balaban J connectivity index is 1.66. The summed E-state index contributed by atoms with van der Waals surface area (Å²) in [6.45, 7) is 5.66. The molecule has 1 aliphatic rings. The van der Waals surface area contributed by atoms with E-state index in [-0.39, 0.29) is 25.0 Å². The van der Waals surface area contributed by atoms with Crippen LogP contribution < -0.4 is 0 Å². The van der Waals surface area contributed by atoms with Gasteiger partial charge in [-0.1, -0.05) is 35.9 Å². The first kappa shape index (κ1) is 31.1. The molecule has 7 nitrogen and oxygen atoms in total. The lowest BCUT2D eigenvalue weighted by Crippen LogP contribution is -2.48. The first-order valence-electron chi connectivity index (χ1n) is 13.0. The van der Waals surface area contributed by atoms with Gasteiger partial charge in [0, 0.05) is 37.3 Å². The molecule has 0 aromatic heterocycles. The number of aliphatic imine (C=N–C) groups is 1. The third kappa shape index (κ3) is 8.06. The summed E-state index contributed by atoms with van der Waals surface area (Å²) < 4.78 is 43.8. The summed E-state index contributed by atoms with van der Waals surface area (Å²) in [6, 6.07) is 10.5. The summed E-state index contributed by atoms with van der Waals surface area (Å²) in [5.41, 5.74) is 0.919. The Kier molecular flexibility index (Phi) is 10.4. The highest BCUT2D eigenvalue weighted by Gasteiger charge is 2.43. The van der Waals surface area contributed by atoms with E-state index in [1.807, 2.05) is 0 Å². The number of amides is 3. The summed E-state index contributed by atoms with van der Waals surface area (Å²) in [7, 11) is 1.63. The molecular weight excluding hydrogens is 547 g/mol. The van der Waals surface area contributed by atoms with Crippen molar-refractivity contribution in [3.8, 4) is 0 Å². The Bertz CT molecular complexity index is 1250. The van der Waals surface area contributed by atoms with E-state index in [0.717, 1.165) is 12.1 Å². The highest BCUT2D eigenvalue weighted by atomic mass is 35.5. The van der Waals surface area contributed by atoms with Crippen LogP contribution in [0.5, 0.6) is 0 Å². The largest absolute Gasteiger partial charge is 0.462 e. The number of hydrogen-bond acceptors (Lipinski definition) is 4. The third-order valence-electron chi connectivity index (χ3n) is 6.64. The first-order valence-corrected chi connectivity index (χ1v) is 13.4. The number of aryl methyl sites for hydroxylation is 1. The van der Waals surface area contributed by atoms with E-state index in [2.05, 4.69) is 4.99 Å². The topological polar surface area (TPSA) is 79.3 Å². The van der Waals surface area contributed by atoms with E-state index >= 15 is 0 Å². The van der Waals surface area contributed by atoms with Crippen LogP contribution in [-0.4, -0.2) is 59.7 Å². The average Bonchev–Trinajstić information content (AvgIpc) is 2.87. The fourth-order valence-electron chi connectivity index (χ4n) is 4.62. The second-order valence-corrected chi connectivity index (χ2v) is 10.5. The van der Waals surface area contributed by atoms with Gasteiger partial charge in [0.15, 0.2) is 0 Å². The van der Waals surface area contributed by atoms with Crippen LogP contribution in [0.25, 0.3) is 0 Å². The molecule has 1 heterocycles. The molecule has 2 atom stereocenters. The molecule has 0 spiro atoms. The van der Waals surface area contributed by atoms with Gasteiger partial charge in [-0.3, -0.25) is 9.59 Å². The van der Waals surface area contributed by atoms with E-state index in [1.165, 1.54) is 21.9 Å². The van der Waals surface area contributed by atoms with Gasteiger partial charge >= 0.3 is 18.2 Å². The molecule has 0 bridgehead atoms. The number of esters is 1. The maximum Gasteiger partial charge on any atom is 0.416 e. The molecule has 3 rings (SSSR count). The number of halogens is 4.